The molecule has 3 rings (SSSR count). The summed E-state index contributed by atoms with van der Waals surface area (Å²) in [6, 6.07) is 1.58. The minimum absolute atomic E-state index is 0.0946. The van der Waals surface area contributed by atoms with E-state index < -0.39 is 5.91 Å². The van der Waals surface area contributed by atoms with Crippen LogP contribution >= 0.6 is 11.3 Å². The van der Waals surface area contributed by atoms with Gasteiger partial charge in [0.1, 0.15) is 17.3 Å². The van der Waals surface area contributed by atoms with Gasteiger partial charge in [0.05, 0.1) is 5.69 Å². The summed E-state index contributed by atoms with van der Waals surface area (Å²) in [4.78, 5) is 12.2. The molecule has 0 bridgehead atoms. The molecular formula is C14H16N6O3S. The third-order valence-electron chi connectivity index (χ3n) is 3.24. The molecule has 0 spiro atoms. The van der Waals surface area contributed by atoms with Gasteiger partial charge in [0.15, 0.2) is 0 Å². The predicted octanol–water partition coefficient (Wildman–Crippen LogP) is 2.12. The Hall–Kier alpha value is -2.59. The van der Waals surface area contributed by atoms with Gasteiger partial charge in [-0.05, 0) is 13.8 Å². The van der Waals surface area contributed by atoms with Crippen molar-refractivity contribution in [3.8, 4) is 11.3 Å². The highest BCUT2D eigenvalue weighted by Gasteiger charge is 2.18. The molecule has 3 aromatic rings. The first-order valence-electron chi connectivity index (χ1n) is 7.24. The fourth-order valence-electron chi connectivity index (χ4n) is 2.09. The Labute approximate surface area is 141 Å². The van der Waals surface area contributed by atoms with E-state index in [0.717, 1.165) is 17.8 Å². The first kappa shape index (κ1) is 16.3. The molecule has 0 unspecified atom stereocenters. The van der Waals surface area contributed by atoms with Crippen LogP contribution in [0.25, 0.3) is 11.3 Å². The largest absolute Gasteiger partial charge is 0.377 e. The van der Waals surface area contributed by atoms with Crippen molar-refractivity contribution < 1.29 is 14.1 Å². The van der Waals surface area contributed by atoms with Gasteiger partial charge in [0.2, 0.25) is 10.9 Å². The quantitative estimate of drug-likeness (QED) is 0.727. The molecule has 1 amide bonds. The molecule has 0 atom stereocenters. The summed E-state index contributed by atoms with van der Waals surface area (Å²) < 4.78 is 11.9. The van der Waals surface area contributed by atoms with Crippen molar-refractivity contribution in [1.29, 1.82) is 0 Å². The molecule has 1 N–H and O–H groups in total. The first-order valence-corrected chi connectivity index (χ1v) is 8.06. The predicted molar refractivity (Wildman–Crippen MR) is 86.7 cm³/mol. The van der Waals surface area contributed by atoms with Crippen molar-refractivity contribution in [2.45, 2.75) is 27.0 Å². The Morgan fingerprint density at radius 3 is 3.00 bits per heavy atom. The molecule has 126 valence electrons. The van der Waals surface area contributed by atoms with Gasteiger partial charge in [0.25, 0.3) is 5.91 Å². The van der Waals surface area contributed by atoms with E-state index in [2.05, 4.69) is 25.8 Å². The van der Waals surface area contributed by atoms with Crippen molar-refractivity contribution in [3.05, 3.63) is 28.7 Å². The van der Waals surface area contributed by atoms with E-state index in [1.807, 2.05) is 20.0 Å². The van der Waals surface area contributed by atoms with Gasteiger partial charge in [-0.3, -0.25) is 14.8 Å². The van der Waals surface area contributed by atoms with Gasteiger partial charge < -0.3 is 9.26 Å². The molecule has 3 aromatic heterocycles. The third kappa shape index (κ3) is 3.34. The minimum Gasteiger partial charge on any atom is -0.377 e. The normalized spacial score (nSPS) is 11.0. The highest BCUT2D eigenvalue weighted by atomic mass is 32.1. The van der Waals surface area contributed by atoms with Crippen LogP contribution in [0, 0.1) is 6.92 Å². The van der Waals surface area contributed by atoms with E-state index in [0.29, 0.717) is 22.4 Å². The number of carbonyl (C=O) groups is 1. The summed E-state index contributed by atoms with van der Waals surface area (Å²) in [5, 5.41) is 19.8. The molecule has 0 fully saturated rings. The number of carbonyl (C=O) groups excluding carboxylic acids is 1. The van der Waals surface area contributed by atoms with Crippen LogP contribution in [0.15, 0.2) is 16.8 Å². The van der Waals surface area contributed by atoms with Crippen LogP contribution in [0.4, 0.5) is 5.13 Å². The average molecular weight is 348 g/mol. The van der Waals surface area contributed by atoms with E-state index in [1.54, 1.807) is 17.9 Å². The SMILES string of the molecule is CCn1cc(-c2cc(C(=O)Nc3nnc(COC)s3)on2)c(C)n1. The maximum atomic E-state index is 12.2. The highest BCUT2D eigenvalue weighted by molar-refractivity contribution is 7.15. The number of nitrogens with one attached hydrogen (secondary N) is 1. The second-order valence-corrected chi connectivity index (χ2v) is 6.01. The maximum Gasteiger partial charge on any atom is 0.296 e. The number of amides is 1. The lowest BCUT2D eigenvalue weighted by atomic mass is 10.2. The van der Waals surface area contributed by atoms with Crippen molar-refractivity contribution in [2.24, 2.45) is 0 Å². The standard InChI is InChI=1S/C14H16N6O3S/c1-4-20-6-9(8(2)18-20)10-5-11(23-19-10)13(21)15-14-17-16-12(24-14)7-22-3/h5-6H,4,7H2,1-3H3,(H,15,17,21). The molecule has 0 aliphatic heterocycles. The molecule has 0 radical (unpaired) electrons. The third-order valence-corrected chi connectivity index (χ3v) is 4.05. The molecule has 0 saturated carbocycles. The lowest BCUT2D eigenvalue weighted by molar-refractivity contribution is 0.0988. The molecule has 24 heavy (non-hydrogen) atoms. The van der Waals surface area contributed by atoms with Crippen LogP contribution in [0.2, 0.25) is 0 Å². The number of aromatic nitrogens is 5. The zero-order chi connectivity index (χ0) is 17.1. The summed E-state index contributed by atoms with van der Waals surface area (Å²) >= 11 is 1.24. The summed E-state index contributed by atoms with van der Waals surface area (Å²) in [7, 11) is 1.57. The van der Waals surface area contributed by atoms with Crippen LogP contribution in [0.3, 0.4) is 0 Å². The van der Waals surface area contributed by atoms with Crippen LogP contribution in [-0.2, 0) is 17.9 Å². The molecule has 3 heterocycles. The second kappa shape index (κ2) is 6.89. The van der Waals surface area contributed by atoms with Gasteiger partial charge in [-0.25, -0.2) is 0 Å². The fourth-order valence-corrected chi connectivity index (χ4v) is 2.79. The molecule has 10 heteroatoms. The number of anilines is 1. The fraction of sp³-hybridized carbons (Fsp3) is 0.357. The number of ether oxygens (including phenoxy) is 1. The lowest BCUT2D eigenvalue weighted by Crippen LogP contribution is -2.10. The van der Waals surface area contributed by atoms with Crippen molar-refractivity contribution >= 4 is 22.4 Å². The van der Waals surface area contributed by atoms with E-state index in [9.17, 15) is 4.79 Å². The number of methoxy groups -OCH3 is 1. The minimum atomic E-state index is -0.436. The maximum absolute atomic E-state index is 12.2. The Morgan fingerprint density at radius 2 is 2.29 bits per heavy atom. The van der Waals surface area contributed by atoms with Crippen LogP contribution in [0.1, 0.15) is 28.2 Å². The van der Waals surface area contributed by atoms with Crippen molar-refractivity contribution in [2.75, 3.05) is 12.4 Å². The molecule has 0 aliphatic rings. The summed E-state index contributed by atoms with van der Waals surface area (Å²) in [5.74, 6) is -0.341. The number of hydrogen-bond donors (Lipinski definition) is 1. The van der Waals surface area contributed by atoms with Gasteiger partial charge in [0, 0.05) is 31.5 Å². The smallest absolute Gasteiger partial charge is 0.296 e. The average Bonchev–Trinajstić information content (AvgIpc) is 3.27. The van der Waals surface area contributed by atoms with E-state index in [1.165, 1.54) is 11.3 Å². The molecular weight excluding hydrogens is 332 g/mol. The lowest BCUT2D eigenvalue weighted by Gasteiger charge is -1.94. The van der Waals surface area contributed by atoms with Crippen molar-refractivity contribution in [3.63, 3.8) is 0 Å². The molecule has 0 aromatic carbocycles. The van der Waals surface area contributed by atoms with Crippen molar-refractivity contribution in [1.82, 2.24) is 25.1 Å². The highest BCUT2D eigenvalue weighted by Crippen LogP contribution is 2.23. The second-order valence-electron chi connectivity index (χ2n) is 4.95. The van der Waals surface area contributed by atoms with Crippen LogP contribution < -0.4 is 5.32 Å². The Kier molecular flexibility index (Phi) is 4.67. The van der Waals surface area contributed by atoms with Crippen LogP contribution in [0.5, 0.6) is 0 Å². The summed E-state index contributed by atoms with van der Waals surface area (Å²) in [5.41, 5.74) is 2.22. The van der Waals surface area contributed by atoms with Crippen LogP contribution in [-0.4, -0.2) is 38.2 Å². The monoisotopic (exact) mass is 348 g/mol. The van der Waals surface area contributed by atoms with Gasteiger partial charge >= 0.3 is 0 Å². The van der Waals surface area contributed by atoms with E-state index >= 15 is 0 Å². The van der Waals surface area contributed by atoms with Gasteiger partial charge in [-0.1, -0.05) is 16.5 Å². The Balaban J connectivity index is 1.74. The number of hydrogen-bond acceptors (Lipinski definition) is 8. The van der Waals surface area contributed by atoms with E-state index in [-0.39, 0.29) is 5.76 Å². The zero-order valence-electron chi connectivity index (χ0n) is 13.4. The summed E-state index contributed by atoms with van der Waals surface area (Å²) in [6.07, 6.45) is 1.87. The zero-order valence-corrected chi connectivity index (χ0v) is 14.3. The Bertz CT molecular complexity index is 852. The number of aryl methyl sites for hydroxylation is 2. The van der Waals surface area contributed by atoms with Gasteiger partial charge in [-0.15, -0.1) is 10.2 Å². The molecule has 9 nitrogen and oxygen atoms in total. The first-order chi connectivity index (χ1) is 11.6. The number of nitrogens with zero attached hydrogens (tertiary/aromatic N) is 5. The Morgan fingerprint density at radius 1 is 1.46 bits per heavy atom. The topological polar surface area (TPSA) is 108 Å². The van der Waals surface area contributed by atoms with Gasteiger partial charge in [-0.2, -0.15) is 5.10 Å². The molecule has 0 saturated heterocycles. The van der Waals surface area contributed by atoms with E-state index in [4.69, 9.17) is 9.26 Å². The number of rotatable bonds is 6. The molecule has 0 aliphatic carbocycles. The summed E-state index contributed by atoms with van der Waals surface area (Å²) in [6.45, 7) is 4.99.